The minimum Gasteiger partial charge on any atom is -0.495 e. The van der Waals surface area contributed by atoms with E-state index in [4.69, 9.17) is 14.2 Å². The second-order valence-corrected chi connectivity index (χ2v) is 5.52. The molecule has 0 fully saturated rings. The van der Waals surface area contributed by atoms with Gasteiger partial charge >= 0.3 is 6.09 Å². The highest BCUT2D eigenvalue weighted by atomic mass is 16.5. The summed E-state index contributed by atoms with van der Waals surface area (Å²) in [4.78, 5) is 11.6. The molecule has 0 spiro atoms. The van der Waals surface area contributed by atoms with Gasteiger partial charge in [-0.1, -0.05) is 12.1 Å². The highest BCUT2D eigenvalue weighted by molar-refractivity contribution is 5.90. The second kappa shape index (κ2) is 9.88. The molecule has 0 saturated heterocycles. The summed E-state index contributed by atoms with van der Waals surface area (Å²) in [5.74, 6) is 1.65. The van der Waals surface area contributed by atoms with Crippen molar-refractivity contribution < 1.29 is 23.7 Å². The first kappa shape index (κ1) is 20.6. The summed E-state index contributed by atoms with van der Waals surface area (Å²) in [6, 6.07) is 12.7. The Bertz CT molecular complexity index is 915. The zero-order chi connectivity index (χ0) is 20.5. The van der Waals surface area contributed by atoms with E-state index < -0.39 is 6.09 Å². The molecule has 0 aliphatic heterocycles. The van der Waals surface area contributed by atoms with Crippen molar-refractivity contribution in [1.29, 1.82) is 5.26 Å². The van der Waals surface area contributed by atoms with Crippen LogP contribution in [0.4, 0.5) is 10.5 Å². The third-order valence-electron chi connectivity index (χ3n) is 3.92. The largest absolute Gasteiger partial charge is 0.495 e. The molecule has 2 rings (SSSR count). The van der Waals surface area contributed by atoms with Crippen LogP contribution in [0.5, 0.6) is 17.2 Å². The van der Waals surface area contributed by atoms with E-state index in [0.717, 1.165) is 5.56 Å². The molecule has 0 aliphatic rings. The summed E-state index contributed by atoms with van der Waals surface area (Å²) < 4.78 is 20.9. The summed E-state index contributed by atoms with van der Waals surface area (Å²) in [6.45, 7) is 2.36. The Morgan fingerprint density at radius 2 is 1.68 bits per heavy atom. The van der Waals surface area contributed by atoms with Gasteiger partial charge in [0.25, 0.3) is 0 Å². The lowest BCUT2D eigenvalue weighted by atomic mass is 9.96. The SMILES string of the molecule is CCOc1cc(/C(=C\C#N)c2ccc(OC)c(NC(=O)OC)c2)ccc1OC. The Balaban J connectivity index is 2.54. The molecule has 0 heterocycles. The maximum absolute atomic E-state index is 11.6. The number of amides is 1. The number of nitriles is 1. The van der Waals surface area contributed by atoms with Crippen molar-refractivity contribution in [2.45, 2.75) is 6.92 Å². The van der Waals surface area contributed by atoms with Crippen LogP contribution in [-0.2, 0) is 4.74 Å². The Morgan fingerprint density at radius 1 is 1.04 bits per heavy atom. The molecule has 1 amide bonds. The van der Waals surface area contributed by atoms with Crippen molar-refractivity contribution in [2.75, 3.05) is 33.3 Å². The number of nitrogens with one attached hydrogen (secondary N) is 1. The van der Waals surface area contributed by atoms with Gasteiger partial charge in [-0.05, 0) is 47.9 Å². The summed E-state index contributed by atoms with van der Waals surface area (Å²) in [7, 11) is 4.35. The quantitative estimate of drug-likeness (QED) is 0.721. The summed E-state index contributed by atoms with van der Waals surface area (Å²) in [5, 5.41) is 11.9. The number of carbonyl (C=O) groups is 1. The first-order chi connectivity index (χ1) is 13.6. The maximum Gasteiger partial charge on any atom is 0.411 e. The highest BCUT2D eigenvalue weighted by Crippen LogP contribution is 2.35. The van der Waals surface area contributed by atoms with Crippen LogP contribution in [0.2, 0.25) is 0 Å². The van der Waals surface area contributed by atoms with Gasteiger partial charge in [0.1, 0.15) is 5.75 Å². The summed E-state index contributed by atoms with van der Waals surface area (Å²) in [6.07, 6.45) is 0.811. The van der Waals surface area contributed by atoms with E-state index in [1.165, 1.54) is 20.3 Å². The van der Waals surface area contributed by atoms with Gasteiger partial charge in [0.15, 0.2) is 11.5 Å². The first-order valence-corrected chi connectivity index (χ1v) is 8.52. The van der Waals surface area contributed by atoms with Gasteiger partial charge < -0.3 is 18.9 Å². The van der Waals surface area contributed by atoms with Crippen LogP contribution in [-0.4, -0.2) is 34.0 Å². The smallest absolute Gasteiger partial charge is 0.411 e. The number of hydrogen-bond acceptors (Lipinski definition) is 6. The lowest BCUT2D eigenvalue weighted by Crippen LogP contribution is -2.12. The monoisotopic (exact) mass is 382 g/mol. The van der Waals surface area contributed by atoms with E-state index >= 15 is 0 Å². The van der Waals surface area contributed by atoms with Gasteiger partial charge in [-0.3, -0.25) is 5.32 Å². The minimum absolute atomic E-state index is 0.425. The van der Waals surface area contributed by atoms with Gasteiger partial charge in [-0.2, -0.15) is 5.26 Å². The molecule has 0 aromatic heterocycles. The number of ether oxygens (including phenoxy) is 4. The molecule has 2 aromatic rings. The predicted octanol–water partition coefficient (Wildman–Crippen LogP) is 4.24. The topological polar surface area (TPSA) is 89.8 Å². The molecule has 0 aliphatic carbocycles. The maximum atomic E-state index is 11.6. The number of rotatable bonds is 7. The Morgan fingerprint density at radius 3 is 2.25 bits per heavy atom. The zero-order valence-corrected chi connectivity index (χ0v) is 16.2. The van der Waals surface area contributed by atoms with Crippen LogP contribution in [0.25, 0.3) is 5.57 Å². The molecule has 2 aromatic carbocycles. The van der Waals surface area contributed by atoms with Crippen molar-refractivity contribution in [3.8, 4) is 23.3 Å². The molecular formula is C21H22N2O5. The summed E-state index contributed by atoms with van der Waals surface area (Å²) in [5.41, 5.74) is 2.55. The van der Waals surface area contributed by atoms with E-state index in [1.54, 1.807) is 31.4 Å². The molecular weight excluding hydrogens is 360 g/mol. The fraction of sp³-hybridized carbons (Fsp3) is 0.238. The Hall–Kier alpha value is -3.66. The Kier molecular flexibility index (Phi) is 7.28. The first-order valence-electron chi connectivity index (χ1n) is 8.52. The third-order valence-corrected chi connectivity index (χ3v) is 3.92. The fourth-order valence-electron chi connectivity index (χ4n) is 2.64. The third kappa shape index (κ3) is 4.74. The van der Waals surface area contributed by atoms with Gasteiger partial charge in [0.2, 0.25) is 0 Å². The lowest BCUT2D eigenvalue weighted by molar-refractivity contribution is 0.187. The van der Waals surface area contributed by atoms with E-state index in [0.29, 0.717) is 40.7 Å². The number of allylic oxidation sites excluding steroid dienone is 1. The Labute approximate surface area is 164 Å². The number of hydrogen-bond donors (Lipinski definition) is 1. The molecule has 0 unspecified atom stereocenters. The van der Waals surface area contributed by atoms with Crippen molar-refractivity contribution in [3.63, 3.8) is 0 Å². The highest BCUT2D eigenvalue weighted by Gasteiger charge is 2.14. The normalized spacial score (nSPS) is 10.6. The van der Waals surface area contributed by atoms with Crippen LogP contribution in [0.3, 0.4) is 0 Å². The molecule has 7 heteroatoms. The minimum atomic E-state index is -0.621. The standard InChI is InChI=1S/C21H22N2O5/c1-5-28-20-13-15(7-9-19(20)26-3)16(10-11-22)14-6-8-18(25-2)17(12-14)23-21(24)27-4/h6-10,12-13H,5H2,1-4H3,(H,23,24)/b16-10-. The van der Waals surface area contributed by atoms with Crippen LogP contribution >= 0.6 is 0 Å². The number of nitrogens with zero attached hydrogens (tertiary/aromatic N) is 1. The van der Waals surface area contributed by atoms with Crippen LogP contribution in [0, 0.1) is 11.3 Å². The molecule has 146 valence electrons. The van der Waals surface area contributed by atoms with Gasteiger partial charge in [-0.15, -0.1) is 0 Å². The molecule has 1 N–H and O–H groups in total. The fourth-order valence-corrected chi connectivity index (χ4v) is 2.64. The van der Waals surface area contributed by atoms with E-state index in [9.17, 15) is 10.1 Å². The second-order valence-electron chi connectivity index (χ2n) is 5.52. The van der Waals surface area contributed by atoms with Crippen molar-refractivity contribution in [1.82, 2.24) is 0 Å². The van der Waals surface area contributed by atoms with E-state index in [1.807, 2.05) is 19.1 Å². The van der Waals surface area contributed by atoms with Gasteiger partial charge in [-0.25, -0.2) is 4.79 Å². The molecule has 0 atom stereocenters. The molecule has 0 bridgehead atoms. The number of benzene rings is 2. The lowest BCUT2D eigenvalue weighted by Gasteiger charge is -2.15. The number of anilines is 1. The summed E-state index contributed by atoms with van der Waals surface area (Å²) >= 11 is 0. The molecule has 0 saturated carbocycles. The van der Waals surface area contributed by atoms with Crippen molar-refractivity contribution >= 4 is 17.4 Å². The molecule has 7 nitrogen and oxygen atoms in total. The van der Waals surface area contributed by atoms with E-state index in [2.05, 4.69) is 16.1 Å². The van der Waals surface area contributed by atoms with Gasteiger partial charge in [0, 0.05) is 6.08 Å². The molecule has 0 radical (unpaired) electrons. The van der Waals surface area contributed by atoms with Crippen LogP contribution in [0.15, 0.2) is 42.5 Å². The van der Waals surface area contributed by atoms with Crippen molar-refractivity contribution in [2.24, 2.45) is 0 Å². The molecule has 28 heavy (non-hydrogen) atoms. The zero-order valence-electron chi connectivity index (χ0n) is 16.2. The predicted molar refractivity (Wildman–Crippen MR) is 106 cm³/mol. The van der Waals surface area contributed by atoms with E-state index in [-0.39, 0.29) is 0 Å². The van der Waals surface area contributed by atoms with Crippen LogP contribution in [0.1, 0.15) is 18.1 Å². The van der Waals surface area contributed by atoms with Crippen LogP contribution < -0.4 is 19.5 Å². The van der Waals surface area contributed by atoms with Crippen molar-refractivity contribution in [3.05, 3.63) is 53.6 Å². The number of carbonyl (C=O) groups excluding carboxylic acids is 1. The number of methoxy groups -OCH3 is 3. The average Bonchev–Trinajstić information content (AvgIpc) is 2.72. The average molecular weight is 382 g/mol. The van der Waals surface area contributed by atoms with Gasteiger partial charge in [0.05, 0.1) is 39.7 Å².